The van der Waals surface area contributed by atoms with Gasteiger partial charge in [0.15, 0.2) is 6.61 Å². The van der Waals surface area contributed by atoms with Gasteiger partial charge in [0.1, 0.15) is 6.04 Å². The van der Waals surface area contributed by atoms with E-state index in [0.29, 0.717) is 6.54 Å². The van der Waals surface area contributed by atoms with Crippen LogP contribution >= 0.6 is 11.6 Å². The molecule has 1 rings (SSSR count). The van der Waals surface area contributed by atoms with Gasteiger partial charge in [0.05, 0.1) is 16.3 Å². The smallest absolute Gasteiger partial charge is 0.416 e. The molecular weight excluding hydrogens is 385 g/mol. The van der Waals surface area contributed by atoms with Crippen molar-refractivity contribution in [1.29, 1.82) is 0 Å². The molecule has 0 unspecified atom stereocenters. The minimum absolute atomic E-state index is 0.169. The second kappa shape index (κ2) is 9.82. The largest absolute Gasteiger partial charge is 0.454 e. The molecule has 0 aromatic heterocycles. The second-order valence-electron chi connectivity index (χ2n) is 6.86. The van der Waals surface area contributed by atoms with E-state index in [1.807, 2.05) is 13.8 Å². The molecule has 2 N–H and O–H groups in total. The molecule has 0 aliphatic carbocycles. The zero-order valence-electron chi connectivity index (χ0n) is 15.6. The van der Waals surface area contributed by atoms with E-state index in [-0.39, 0.29) is 22.5 Å². The van der Waals surface area contributed by atoms with Gasteiger partial charge in [0.2, 0.25) is 0 Å². The summed E-state index contributed by atoms with van der Waals surface area (Å²) in [4.78, 5) is 23.9. The van der Waals surface area contributed by atoms with Crippen LogP contribution in [0.2, 0.25) is 5.02 Å². The maximum absolute atomic E-state index is 12.7. The molecule has 0 fully saturated rings. The van der Waals surface area contributed by atoms with Gasteiger partial charge in [-0.15, -0.1) is 0 Å². The Morgan fingerprint density at radius 2 is 1.81 bits per heavy atom. The van der Waals surface area contributed by atoms with Crippen LogP contribution in [0.5, 0.6) is 0 Å². The molecule has 1 aromatic carbocycles. The van der Waals surface area contributed by atoms with Crippen molar-refractivity contribution in [3.8, 4) is 0 Å². The van der Waals surface area contributed by atoms with Crippen molar-refractivity contribution in [2.45, 2.75) is 39.9 Å². The Balaban J connectivity index is 2.76. The fourth-order valence-corrected chi connectivity index (χ4v) is 2.30. The summed E-state index contributed by atoms with van der Waals surface area (Å²) in [6.45, 7) is 7.35. The maximum Gasteiger partial charge on any atom is 0.416 e. The summed E-state index contributed by atoms with van der Waals surface area (Å²) in [5.41, 5.74) is -0.715. The van der Waals surface area contributed by atoms with Gasteiger partial charge < -0.3 is 15.4 Å². The number of carbonyl (C=O) groups is 2. The van der Waals surface area contributed by atoms with Crippen LogP contribution in [0.4, 0.5) is 18.9 Å². The highest BCUT2D eigenvalue weighted by Gasteiger charge is 2.31. The van der Waals surface area contributed by atoms with E-state index >= 15 is 0 Å². The lowest BCUT2D eigenvalue weighted by Gasteiger charge is -2.23. The van der Waals surface area contributed by atoms with Gasteiger partial charge in [-0.25, -0.2) is 4.79 Å². The Labute approximate surface area is 161 Å². The summed E-state index contributed by atoms with van der Waals surface area (Å²) in [7, 11) is 0. The molecule has 0 saturated carbocycles. The molecular formula is C18H24ClF3N2O3. The van der Waals surface area contributed by atoms with Gasteiger partial charge in [0.25, 0.3) is 5.91 Å². The monoisotopic (exact) mass is 408 g/mol. The van der Waals surface area contributed by atoms with E-state index in [9.17, 15) is 22.8 Å². The van der Waals surface area contributed by atoms with E-state index in [4.69, 9.17) is 16.3 Å². The number of benzene rings is 1. The van der Waals surface area contributed by atoms with E-state index in [1.165, 1.54) is 0 Å². The third kappa shape index (κ3) is 7.66. The number of anilines is 1. The SMILES string of the molecule is CC(C)CNC(=O)COC(=O)[C@@H](Nc1ccc(C(F)(F)F)cc1Cl)C(C)C. The topological polar surface area (TPSA) is 67.4 Å². The molecule has 1 amide bonds. The third-order valence-electron chi connectivity index (χ3n) is 3.58. The molecule has 27 heavy (non-hydrogen) atoms. The van der Waals surface area contributed by atoms with E-state index in [0.717, 1.165) is 18.2 Å². The normalized spacial score (nSPS) is 12.8. The maximum atomic E-state index is 12.7. The number of carbonyl (C=O) groups excluding carboxylic acids is 2. The average Bonchev–Trinajstić information content (AvgIpc) is 2.55. The average molecular weight is 409 g/mol. The van der Waals surface area contributed by atoms with Crippen LogP contribution in [0.3, 0.4) is 0 Å². The van der Waals surface area contributed by atoms with Gasteiger partial charge in [-0.3, -0.25) is 4.79 Å². The summed E-state index contributed by atoms with van der Waals surface area (Å²) in [6.07, 6.45) is -4.51. The first kappa shape index (κ1) is 23.1. The lowest BCUT2D eigenvalue weighted by molar-refractivity contribution is -0.150. The number of ether oxygens (including phenoxy) is 1. The molecule has 0 bridgehead atoms. The highest BCUT2D eigenvalue weighted by Crippen LogP contribution is 2.34. The highest BCUT2D eigenvalue weighted by molar-refractivity contribution is 6.33. The lowest BCUT2D eigenvalue weighted by atomic mass is 10.0. The lowest BCUT2D eigenvalue weighted by Crippen LogP contribution is -2.39. The number of esters is 1. The fraction of sp³-hybridized carbons (Fsp3) is 0.556. The summed E-state index contributed by atoms with van der Waals surface area (Å²) in [5.74, 6) is -1.11. The van der Waals surface area contributed by atoms with Gasteiger partial charge in [-0.2, -0.15) is 13.2 Å². The first-order valence-electron chi connectivity index (χ1n) is 8.48. The zero-order valence-corrected chi connectivity index (χ0v) is 16.4. The Morgan fingerprint density at radius 3 is 2.30 bits per heavy atom. The van der Waals surface area contributed by atoms with E-state index in [1.54, 1.807) is 13.8 Å². The standard InChI is InChI=1S/C18H24ClF3N2O3/c1-10(2)8-23-15(25)9-27-17(26)16(11(3)4)24-14-6-5-12(7-13(14)19)18(20,21)22/h5-7,10-11,16,24H,8-9H2,1-4H3,(H,23,25)/t16-/m0/s1. The number of rotatable bonds is 8. The van der Waals surface area contributed by atoms with Crippen LogP contribution in [0.15, 0.2) is 18.2 Å². The third-order valence-corrected chi connectivity index (χ3v) is 3.89. The van der Waals surface area contributed by atoms with Crippen LogP contribution in [0.1, 0.15) is 33.3 Å². The van der Waals surface area contributed by atoms with Crippen molar-refractivity contribution >= 4 is 29.2 Å². The second-order valence-corrected chi connectivity index (χ2v) is 7.27. The van der Waals surface area contributed by atoms with Gasteiger partial charge in [0, 0.05) is 6.54 Å². The molecule has 9 heteroatoms. The van der Waals surface area contributed by atoms with Crippen LogP contribution in [0, 0.1) is 11.8 Å². The predicted molar refractivity (Wildman–Crippen MR) is 97.5 cm³/mol. The Bertz CT molecular complexity index is 664. The van der Waals surface area contributed by atoms with Crippen LogP contribution in [0.25, 0.3) is 0 Å². The molecule has 1 aromatic rings. The minimum Gasteiger partial charge on any atom is -0.454 e. The van der Waals surface area contributed by atoms with Crippen molar-refractivity contribution in [2.75, 3.05) is 18.5 Å². The quantitative estimate of drug-likeness (QED) is 0.635. The Morgan fingerprint density at radius 1 is 1.19 bits per heavy atom. The van der Waals surface area contributed by atoms with Crippen LogP contribution in [-0.4, -0.2) is 31.1 Å². The van der Waals surface area contributed by atoms with Crippen molar-refractivity contribution in [2.24, 2.45) is 11.8 Å². The van der Waals surface area contributed by atoms with Gasteiger partial charge in [-0.1, -0.05) is 39.3 Å². The van der Waals surface area contributed by atoms with Gasteiger partial charge >= 0.3 is 12.1 Å². The molecule has 5 nitrogen and oxygen atoms in total. The van der Waals surface area contributed by atoms with E-state index < -0.39 is 36.3 Å². The van der Waals surface area contributed by atoms with Crippen LogP contribution < -0.4 is 10.6 Å². The van der Waals surface area contributed by atoms with Crippen molar-refractivity contribution in [3.63, 3.8) is 0 Å². The Kier molecular flexibility index (Phi) is 8.40. The van der Waals surface area contributed by atoms with Crippen LogP contribution in [-0.2, 0) is 20.5 Å². The molecule has 0 saturated heterocycles. The number of alkyl halides is 3. The zero-order chi connectivity index (χ0) is 20.8. The predicted octanol–water partition coefficient (Wildman–Crippen LogP) is 4.11. The first-order chi connectivity index (χ1) is 12.4. The fourth-order valence-electron chi connectivity index (χ4n) is 2.07. The molecule has 0 radical (unpaired) electrons. The van der Waals surface area contributed by atoms with Crippen molar-refractivity contribution in [1.82, 2.24) is 5.32 Å². The molecule has 152 valence electrons. The number of amides is 1. The summed E-state index contributed by atoms with van der Waals surface area (Å²) in [5, 5.41) is 5.25. The number of nitrogens with one attached hydrogen (secondary N) is 2. The van der Waals surface area contributed by atoms with E-state index in [2.05, 4.69) is 10.6 Å². The summed E-state index contributed by atoms with van der Waals surface area (Å²) < 4.78 is 43.2. The Hall–Kier alpha value is -1.96. The summed E-state index contributed by atoms with van der Waals surface area (Å²) in [6, 6.07) is 1.93. The molecule has 0 aliphatic rings. The highest BCUT2D eigenvalue weighted by atomic mass is 35.5. The number of hydrogen-bond acceptors (Lipinski definition) is 4. The molecule has 0 aliphatic heterocycles. The number of halogens is 4. The molecule has 0 spiro atoms. The molecule has 0 heterocycles. The van der Waals surface area contributed by atoms with Gasteiger partial charge in [-0.05, 0) is 30.0 Å². The molecule has 1 atom stereocenters. The number of hydrogen-bond donors (Lipinski definition) is 2. The summed E-state index contributed by atoms with van der Waals surface area (Å²) >= 11 is 5.91. The first-order valence-corrected chi connectivity index (χ1v) is 8.86. The minimum atomic E-state index is -4.51. The van der Waals surface area contributed by atoms with Crippen molar-refractivity contribution in [3.05, 3.63) is 28.8 Å². The van der Waals surface area contributed by atoms with Crippen molar-refractivity contribution < 1.29 is 27.5 Å².